The van der Waals surface area contributed by atoms with E-state index in [2.05, 4.69) is 19.9 Å². The van der Waals surface area contributed by atoms with Crippen LogP contribution in [0.4, 0.5) is 0 Å². The fraction of sp³-hybridized carbons (Fsp3) is 0.867. The molecule has 0 radical (unpaired) electrons. The molecule has 23 heavy (non-hydrogen) atoms. The van der Waals surface area contributed by atoms with Gasteiger partial charge < -0.3 is 9.42 Å². The Hall–Kier alpha value is -0.990. The maximum Gasteiger partial charge on any atom is 0.229 e. The van der Waals surface area contributed by atoms with Gasteiger partial charge in [-0.05, 0) is 39.3 Å². The van der Waals surface area contributed by atoms with Crippen LogP contribution in [-0.2, 0) is 16.4 Å². The van der Waals surface area contributed by atoms with Crippen molar-refractivity contribution in [2.45, 2.75) is 44.2 Å². The highest BCUT2D eigenvalue weighted by atomic mass is 32.2. The van der Waals surface area contributed by atoms with Gasteiger partial charge in [-0.1, -0.05) is 5.16 Å². The second-order valence-electron chi connectivity index (χ2n) is 6.96. The number of hydrogen-bond acceptors (Lipinski definition) is 7. The molecule has 0 spiro atoms. The van der Waals surface area contributed by atoms with Crippen LogP contribution in [-0.4, -0.2) is 73.1 Å². The number of likely N-dealkylation sites (tertiary alicyclic amines) is 1. The Kier molecular flexibility index (Phi) is 5.03. The second kappa shape index (κ2) is 6.86. The topological polar surface area (TPSA) is 79.5 Å². The van der Waals surface area contributed by atoms with Crippen LogP contribution < -0.4 is 0 Å². The zero-order chi connectivity index (χ0) is 16.4. The first-order chi connectivity index (χ1) is 10.9. The quantitative estimate of drug-likeness (QED) is 0.728. The van der Waals surface area contributed by atoms with Crippen molar-refractivity contribution >= 4 is 9.84 Å². The van der Waals surface area contributed by atoms with Crippen LogP contribution in [0.15, 0.2) is 4.52 Å². The molecule has 1 unspecified atom stereocenters. The van der Waals surface area contributed by atoms with E-state index in [1.54, 1.807) is 0 Å². The van der Waals surface area contributed by atoms with E-state index in [9.17, 15) is 8.42 Å². The highest BCUT2D eigenvalue weighted by molar-refractivity contribution is 7.90. The van der Waals surface area contributed by atoms with E-state index in [4.69, 9.17) is 4.52 Å². The summed E-state index contributed by atoms with van der Waals surface area (Å²) in [7, 11) is -0.894. The Morgan fingerprint density at radius 1 is 1.35 bits per heavy atom. The van der Waals surface area contributed by atoms with Gasteiger partial charge in [-0.3, -0.25) is 4.90 Å². The molecule has 2 aliphatic rings. The zero-order valence-electron chi connectivity index (χ0n) is 13.9. The molecule has 0 amide bonds. The van der Waals surface area contributed by atoms with E-state index in [1.807, 2.05) is 7.05 Å². The molecule has 1 atom stereocenters. The number of likely N-dealkylation sites (N-methyl/N-ethyl adjacent to an activating group) is 1. The van der Waals surface area contributed by atoms with Gasteiger partial charge in [0.1, 0.15) is 9.84 Å². The molecule has 1 aliphatic carbocycles. The van der Waals surface area contributed by atoms with Gasteiger partial charge in [0.2, 0.25) is 5.89 Å². The van der Waals surface area contributed by atoms with Gasteiger partial charge in [0, 0.05) is 31.3 Å². The fourth-order valence-corrected chi connectivity index (χ4v) is 3.67. The number of rotatable bonds is 7. The van der Waals surface area contributed by atoms with Gasteiger partial charge in [0.05, 0.1) is 12.3 Å². The molecule has 0 N–H and O–H groups in total. The van der Waals surface area contributed by atoms with Crippen LogP contribution in [0.25, 0.3) is 0 Å². The molecular formula is C15H26N4O3S. The van der Waals surface area contributed by atoms with E-state index in [1.165, 1.54) is 19.1 Å². The number of nitrogens with zero attached hydrogens (tertiary/aromatic N) is 4. The summed E-state index contributed by atoms with van der Waals surface area (Å²) in [5.74, 6) is 2.27. The average Bonchev–Trinajstić information content (AvgIpc) is 3.25. The molecule has 0 bridgehead atoms. The van der Waals surface area contributed by atoms with Gasteiger partial charge >= 0.3 is 0 Å². The predicted molar refractivity (Wildman–Crippen MR) is 86.9 cm³/mol. The van der Waals surface area contributed by atoms with E-state index >= 15 is 0 Å². The number of sulfone groups is 1. The van der Waals surface area contributed by atoms with Crippen molar-refractivity contribution in [2.75, 3.05) is 38.7 Å². The minimum Gasteiger partial charge on any atom is -0.339 e. The fourth-order valence-electron chi connectivity index (χ4n) is 3.05. The lowest BCUT2D eigenvalue weighted by molar-refractivity contribution is 0.113. The highest BCUT2D eigenvalue weighted by Crippen LogP contribution is 2.38. The Labute approximate surface area is 137 Å². The average molecular weight is 342 g/mol. The van der Waals surface area contributed by atoms with Gasteiger partial charge in [0.25, 0.3) is 0 Å². The molecular weight excluding hydrogens is 316 g/mol. The van der Waals surface area contributed by atoms with Gasteiger partial charge in [-0.2, -0.15) is 4.98 Å². The van der Waals surface area contributed by atoms with Crippen molar-refractivity contribution in [3.8, 4) is 0 Å². The van der Waals surface area contributed by atoms with Crippen molar-refractivity contribution in [1.29, 1.82) is 0 Å². The van der Waals surface area contributed by atoms with Gasteiger partial charge in [0.15, 0.2) is 5.82 Å². The molecule has 0 aromatic carbocycles. The lowest BCUT2D eigenvalue weighted by atomic mass is 10.0. The summed E-state index contributed by atoms with van der Waals surface area (Å²) in [6, 6.07) is 0.389. The van der Waals surface area contributed by atoms with E-state index in [-0.39, 0.29) is 5.75 Å². The van der Waals surface area contributed by atoms with Crippen LogP contribution in [0.2, 0.25) is 0 Å². The first-order valence-corrected chi connectivity index (χ1v) is 10.4. The molecule has 1 saturated heterocycles. The maximum absolute atomic E-state index is 11.3. The molecule has 1 aliphatic heterocycles. The third-order valence-corrected chi connectivity index (χ3v) is 5.62. The lowest BCUT2D eigenvalue weighted by Crippen LogP contribution is -2.47. The molecule has 1 saturated carbocycles. The summed E-state index contributed by atoms with van der Waals surface area (Å²) in [4.78, 5) is 9.00. The summed E-state index contributed by atoms with van der Waals surface area (Å²) >= 11 is 0. The third-order valence-electron chi connectivity index (χ3n) is 4.69. The highest BCUT2D eigenvalue weighted by Gasteiger charge is 2.30. The summed E-state index contributed by atoms with van der Waals surface area (Å²) in [6.07, 6.45) is 5.84. The molecule has 7 nitrogen and oxygen atoms in total. The standard InChI is InChI=1S/C15H26N4O3S/c1-18(8-9-23(2,20)21)13-4-3-7-19(10-13)11-14-16-15(22-17-14)12-5-6-12/h12-13H,3-11H2,1-2H3. The van der Waals surface area contributed by atoms with Crippen molar-refractivity contribution in [3.05, 3.63) is 11.7 Å². The largest absolute Gasteiger partial charge is 0.339 e. The first kappa shape index (κ1) is 16.9. The molecule has 130 valence electrons. The summed E-state index contributed by atoms with van der Waals surface area (Å²) in [5.41, 5.74) is 0. The smallest absolute Gasteiger partial charge is 0.229 e. The van der Waals surface area contributed by atoms with Gasteiger partial charge in [-0.25, -0.2) is 8.42 Å². The second-order valence-corrected chi connectivity index (χ2v) is 9.22. The van der Waals surface area contributed by atoms with E-state index < -0.39 is 9.84 Å². The minimum atomic E-state index is -2.91. The normalized spacial score (nSPS) is 23.5. The SMILES string of the molecule is CN(CCS(C)(=O)=O)C1CCCN(Cc2noc(C3CC3)n2)C1. The van der Waals surface area contributed by atoms with Gasteiger partial charge in [-0.15, -0.1) is 0 Å². The third kappa shape index (κ3) is 4.99. The molecule has 1 aromatic heterocycles. The van der Waals surface area contributed by atoms with Crippen LogP contribution in [0.3, 0.4) is 0 Å². The molecule has 2 heterocycles. The first-order valence-electron chi connectivity index (χ1n) is 8.33. The van der Waals surface area contributed by atoms with Crippen LogP contribution in [0.5, 0.6) is 0 Å². The van der Waals surface area contributed by atoms with Crippen LogP contribution in [0.1, 0.15) is 43.3 Å². The summed E-state index contributed by atoms with van der Waals surface area (Å²) in [5, 5.41) is 4.09. The predicted octanol–water partition coefficient (Wildman–Crippen LogP) is 0.888. The summed E-state index contributed by atoms with van der Waals surface area (Å²) < 4.78 is 28.0. The Morgan fingerprint density at radius 3 is 2.83 bits per heavy atom. The molecule has 8 heteroatoms. The van der Waals surface area contributed by atoms with Crippen molar-refractivity contribution in [2.24, 2.45) is 0 Å². The Morgan fingerprint density at radius 2 is 2.13 bits per heavy atom. The lowest BCUT2D eigenvalue weighted by Gasteiger charge is -2.37. The molecule has 1 aromatic rings. The van der Waals surface area contributed by atoms with E-state index in [0.717, 1.165) is 37.6 Å². The van der Waals surface area contributed by atoms with E-state index in [0.29, 0.717) is 25.0 Å². The number of hydrogen-bond donors (Lipinski definition) is 0. The Balaban J connectivity index is 1.50. The van der Waals surface area contributed by atoms with Crippen molar-refractivity contribution in [3.63, 3.8) is 0 Å². The van der Waals surface area contributed by atoms with Crippen molar-refractivity contribution < 1.29 is 12.9 Å². The zero-order valence-corrected chi connectivity index (χ0v) is 14.8. The summed E-state index contributed by atoms with van der Waals surface area (Å²) in [6.45, 7) is 3.26. The van der Waals surface area contributed by atoms with Crippen molar-refractivity contribution in [1.82, 2.24) is 19.9 Å². The molecule has 2 fully saturated rings. The Bertz CT molecular complexity index is 626. The van der Waals surface area contributed by atoms with Crippen LogP contribution >= 0.6 is 0 Å². The number of aromatic nitrogens is 2. The maximum atomic E-state index is 11.3. The minimum absolute atomic E-state index is 0.218. The monoisotopic (exact) mass is 342 g/mol. The molecule has 3 rings (SSSR count). The van der Waals surface area contributed by atoms with Crippen LogP contribution in [0, 0.1) is 0 Å². The number of piperidine rings is 1.